The first-order valence-electron chi connectivity index (χ1n) is 10.4. The Hall–Kier alpha value is -0.693. The van der Waals surface area contributed by atoms with E-state index in [0.717, 1.165) is 24.6 Å². The monoisotopic (exact) mass is 402 g/mol. The highest BCUT2D eigenvalue weighted by molar-refractivity contribution is 6.73. The summed E-state index contributed by atoms with van der Waals surface area (Å²) < 4.78 is 22.4. The maximum Gasteiger partial charge on any atom is 0.333 e. The molecule has 6 heteroatoms. The Kier molecular flexibility index (Phi) is 14.0. The van der Waals surface area contributed by atoms with Gasteiger partial charge in [0.15, 0.2) is 8.32 Å². The van der Waals surface area contributed by atoms with Crippen molar-refractivity contribution in [3.05, 3.63) is 11.6 Å². The molecule has 0 rings (SSSR count). The van der Waals surface area contributed by atoms with E-state index in [4.69, 9.17) is 18.6 Å². The summed E-state index contributed by atoms with van der Waals surface area (Å²) in [4.78, 5) is 12.0. The van der Waals surface area contributed by atoms with Crippen LogP contribution in [0.2, 0.25) is 18.1 Å². The highest BCUT2D eigenvalue weighted by Gasteiger charge is 2.35. The number of methoxy groups -OCH3 is 1. The van der Waals surface area contributed by atoms with Gasteiger partial charge in [0.1, 0.15) is 6.79 Å². The molecule has 0 aliphatic carbocycles. The fraction of sp³-hybridized carbons (Fsp3) is 0.857. The Balaban J connectivity index is 5.36. The number of rotatable bonds is 15. The van der Waals surface area contributed by atoms with Crippen molar-refractivity contribution in [2.24, 2.45) is 11.8 Å². The second kappa shape index (κ2) is 14.3. The number of ether oxygens (including phenoxy) is 3. The van der Waals surface area contributed by atoms with E-state index in [2.05, 4.69) is 34.6 Å². The second-order valence-corrected chi connectivity index (χ2v) is 12.1. The molecule has 27 heavy (non-hydrogen) atoms. The first-order valence-corrected chi connectivity index (χ1v) is 12.9. The van der Waals surface area contributed by atoms with Gasteiger partial charge in [-0.15, -0.1) is 0 Å². The zero-order valence-electron chi connectivity index (χ0n) is 18.8. The lowest BCUT2D eigenvalue weighted by Crippen LogP contribution is -2.44. The molecule has 0 radical (unpaired) electrons. The van der Waals surface area contributed by atoms with Crippen LogP contribution >= 0.6 is 0 Å². The quantitative estimate of drug-likeness (QED) is 0.124. The fourth-order valence-electron chi connectivity index (χ4n) is 3.41. The molecule has 0 aliphatic heterocycles. The van der Waals surface area contributed by atoms with Crippen LogP contribution < -0.4 is 0 Å². The van der Waals surface area contributed by atoms with Crippen molar-refractivity contribution in [3.63, 3.8) is 0 Å². The van der Waals surface area contributed by atoms with Crippen molar-refractivity contribution in [1.82, 2.24) is 0 Å². The molecule has 0 aromatic heterocycles. The van der Waals surface area contributed by atoms with E-state index in [1.807, 2.05) is 19.9 Å². The molecular weight excluding hydrogens is 360 g/mol. The molecule has 0 aliphatic rings. The van der Waals surface area contributed by atoms with Crippen molar-refractivity contribution in [3.8, 4) is 0 Å². The maximum absolute atomic E-state index is 12.0. The summed E-state index contributed by atoms with van der Waals surface area (Å²) in [5, 5.41) is 0. The van der Waals surface area contributed by atoms with Gasteiger partial charge in [0.2, 0.25) is 0 Å². The fourth-order valence-corrected chi connectivity index (χ4v) is 6.43. The van der Waals surface area contributed by atoms with Gasteiger partial charge in [0, 0.05) is 25.2 Å². The van der Waals surface area contributed by atoms with Crippen LogP contribution in [-0.4, -0.2) is 47.5 Å². The number of carbonyl (C=O) groups excluding carboxylic acids is 1. The topological polar surface area (TPSA) is 54.0 Å². The molecule has 3 atom stereocenters. The number of esters is 1. The summed E-state index contributed by atoms with van der Waals surface area (Å²) in [6, 6.07) is 3.32. The standard InChI is InChI=1S/C21H42O5Si/c1-9-25-21(22)19(7)15-18(6)20(17(5)13-14-24-16-23-8)26-27(10-2,11-3)12-4/h15,17-18,20H,9-14,16H2,1-8H3/b19-15+/t17-,18+,20-/m0/s1. The smallest absolute Gasteiger partial charge is 0.333 e. The van der Waals surface area contributed by atoms with Crippen LogP contribution in [0.1, 0.15) is 54.9 Å². The first kappa shape index (κ1) is 26.3. The van der Waals surface area contributed by atoms with Gasteiger partial charge in [-0.1, -0.05) is 40.7 Å². The minimum atomic E-state index is -1.76. The number of carbonyl (C=O) groups is 1. The van der Waals surface area contributed by atoms with Crippen molar-refractivity contribution in [1.29, 1.82) is 0 Å². The van der Waals surface area contributed by atoms with Crippen LogP contribution in [0.25, 0.3) is 0 Å². The Bertz CT molecular complexity index is 426. The lowest BCUT2D eigenvalue weighted by molar-refractivity contribution is -0.138. The van der Waals surface area contributed by atoms with Gasteiger partial charge < -0.3 is 18.6 Å². The van der Waals surface area contributed by atoms with Gasteiger partial charge in [-0.05, 0) is 44.3 Å². The summed E-state index contributed by atoms with van der Waals surface area (Å²) in [6.07, 6.45) is 2.97. The second-order valence-electron chi connectivity index (χ2n) is 7.34. The molecule has 0 saturated carbocycles. The van der Waals surface area contributed by atoms with Crippen LogP contribution in [0.5, 0.6) is 0 Å². The molecule has 0 unspecified atom stereocenters. The van der Waals surface area contributed by atoms with E-state index in [-0.39, 0.29) is 18.0 Å². The van der Waals surface area contributed by atoms with Gasteiger partial charge >= 0.3 is 5.97 Å². The van der Waals surface area contributed by atoms with Crippen LogP contribution in [0.15, 0.2) is 11.6 Å². The molecule has 0 N–H and O–H groups in total. The third-order valence-electron chi connectivity index (χ3n) is 5.43. The number of hydrogen-bond donors (Lipinski definition) is 0. The molecule has 0 fully saturated rings. The van der Waals surface area contributed by atoms with Gasteiger partial charge in [0.25, 0.3) is 0 Å². The lowest BCUT2D eigenvalue weighted by Gasteiger charge is -2.38. The largest absolute Gasteiger partial charge is 0.463 e. The SMILES string of the molecule is CCOC(=O)/C(C)=C/[C@@H](C)[C@@H](O[Si](CC)(CC)CC)[C@@H](C)CCOCOC. The summed E-state index contributed by atoms with van der Waals surface area (Å²) in [5.41, 5.74) is 0.651. The average Bonchev–Trinajstić information content (AvgIpc) is 2.66. The van der Waals surface area contributed by atoms with Crippen LogP contribution in [0.3, 0.4) is 0 Å². The van der Waals surface area contributed by atoms with E-state index in [1.165, 1.54) is 0 Å². The van der Waals surface area contributed by atoms with E-state index < -0.39 is 8.32 Å². The zero-order valence-corrected chi connectivity index (χ0v) is 19.8. The molecule has 0 saturated heterocycles. The molecule has 5 nitrogen and oxygen atoms in total. The molecule has 160 valence electrons. The average molecular weight is 403 g/mol. The molecule has 0 heterocycles. The molecule has 0 bridgehead atoms. The third kappa shape index (κ3) is 9.37. The normalized spacial score (nSPS) is 16.1. The van der Waals surface area contributed by atoms with Crippen LogP contribution in [0, 0.1) is 11.8 Å². The van der Waals surface area contributed by atoms with Gasteiger partial charge in [0.05, 0.1) is 12.7 Å². The molecule has 0 aromatic carbocycles. The Morgan fingerprint density at radius 2 is 1.67 bits per heavy atom. The summed E-state index contributed by atoms with van der Waals surface area (Å²) in [5.74, 6) is 0.201. The van der Waals surface area contributed by atoms with E-state index in [1.54, 1.807) is 7.11 Å². The summed E-state index contributed by atoms with van der Waals surface area (Å²) >= 11 is 0. The third-order valence-corrected chi connectivity index (χ3v) is 10.1. The summed E-state index contributed by atoms with van der Waals surface area (Å²) in [6.45, 7) is 16.1. The minimum Gasteiger partial charge on any atom is -0.463 e. The van der Waals surface area contributed by atoms with Crippen molar-refractivity contribution in [2.45, 2.75) is 79.1 Å². The highest BCUT2D eigenvalue weighted by Crippen LogP contribution is 2.31. The highest BCUT2D eigenvalue weighted by atomic mass is 28.4. The molecule has 0 amide bonds. The predicted molar refractivity (Wildman–Crippen MR) is 113 cm³/mol. The van der Waals surface area contributed by atoms with Crippen LogP contribution in [0.4, 0.5) is 0 Å². The lowest BCUT2D eigenvalue weighted by atomic mass is 9.90. The van der Waals surface area contributed by atoms with Crippen molar-refractivity contribution in [2.75, 3.05) is 27.1 Å². The van der Waals surface area contributed by atoms with E-state index in [9.17, 15) is 4.79 Å². The van der Waals surface area contributed by atoms with Crippen LogP contribution in [-0.2, 0) is 23.4 Å². The maximum atomic E-state index is 12.0. The van der Waals surface area contributed by atoms with E-state index >= 15 is 0 Å². The summed E-state index contributed by atoms with van der Waals surface area (Å²) in [7, 11) is -0.136. The van der Waals surface area contributed by atoms with Gasteiger partial charge in [-0.3, -0.25) is 0 Å². The Labute approximate surface area is 167 Å². The van der Waals surface area contributed by atoms with Crippen molar-refractivity contribution < 1.29 is 23.4 Å². The van der Waals surface area contributed by atoms with E-state index in [0.29, 0.717) is 31.5 Å². The molecule has 0 aromatic rings. The predicted octanol–water partition coefficient (Wildman–Crippen LogP) is 5.17. The van der Waals surface area contributed by atoms with Crippen molar-refractivity contribution >= 4 is 14.3 Å². The van der Waals surface area contributed by atoms with Gasteiger partial charge in [-0.2, -0.15) is 0 Å². The molecule has 0 spiro atoms. The zero-order chi connectivity index (χ0) is 20.9. The molecular formula is C21H42O5Si. The van der Waals surface area contributed by atoms with Gasteiger partial charge in [-0.25, -0.2) is 4.79 Å². The first-order chi connectivity index (χ1) is 12.8. The number of hydrogen-bond acceptors (Lipinski definition) is 5. The minimum absolute atomic E-state index is 0.0621. The Morgan fingerprint density at radius 1 is 1.07 bits per heavy atom. The Morgan fingerprint density at radius 3 is 2.15 bits per heavy atom.